The Kier molecular flexibility index (Phi) is 8.68. The number of ether oxygens (including phenoxy) is 4. The van der Waals surface area contributed by atoms with E-state index in [4.69, 9.17) is 42.1 Å². The minimum atomic E-state index is -0.503. The van der Waals surface area contributed by atoms with Crippen molar-refractivity contribution in [3.05, 3.63) is 63.8 Å². The first-order valence-corrected chi connectivity index (χ1v) is 9.77. The van der Waals surface area contributed by atoms with Crippen LogP contribution >= 0.6 is 23.2 Å². The van der Waals surface area contributed by atoms with E-state index in [2.05, 4.69) is 0 Å². The Morgan fingerprint density at radius 1 is 1.07 bits per heavy atom. The first-order chi connectivity index (χ1) is 13.9. The van der Waals surface area contributed by atoms with Crippen LogP contribution in [-0.2, 0) is 20.9 Å². The minimum Gasteiger partial charge on any atom is -0.503 e. The molecule has 0 fully saturated rings. The van der Waals surface area contributed by atoms with Gasteiger partial charge in [-0.25, -0.2) is 4.79 Å². The fourth-order valence-electron chi connectivity index (χ4n) is 2.53. The van der Waals surface area contributed by atoms with E-state index in [9.17, 15) is 4.79 Å². The Bertz CT molecular complexity index is 854. The second-order valence-electron chi connectivity index (χ2n) is 6.63. The standard InChI is InChI=1S/C22H24Cl2O5/c1-14(2)11-29-21-19(23)9-16(10-20(21)24)28-12-15-7-5-6-8-17(15)18(13-26-3)22(25)27-4/h5-10,13-14H,11-12H2,1-4H3. The van der Waals surface area contributed by atoms with Gasteiger partial charge in [-0.3, -0.25) is 0 Å². The first-order valence-electron chi connectivity index (χ1n) is 9.01. The molecular formula is C22H24Cl2O5. The molecule has 0 spiro atoms. The van der Waals surface area contributed by atoms with E-state index in [1.54, 1.807) is 18.2 Å². The predicted molar refractivity (Wildman–Crippen MR) is 115 cm³/mol. The monoisotopic (exact) mass is 438 g/mol. The van der Waals surface area contributed by atoms with Gasteiger partial charge in [0.05, 0.1) is 37.1 Å². The third kappa shape index (κ3) is 6.31. The van der Waals surface area contributed by atoms with Crippen LogP contribution < -0.4 is 9.47 Å². The zero-order valence-corrected chi connectivity index (χ0v) is 18.3. The Morgan fingerprint density at radius 3 is 2.31 bits per heavy atom. The summed E-state index contributed by atoms with van der Waals surface area (Å²) < 4.78 is 21.4. The molecule has 0 N–H and O–H groups in total. The summed E-state index contributed by atoms with van der Waals surface area (Å²) in [5.74, 6) is 0.767. The summed E-state index contributed by atoms with van der Waals surface area (Å²) in [6.45, 7) is 4.77. The highest BCUT2D eigenvalue weighted by atomic mass is 35.5. The van der Waals surface area contributed by atoms with Crippen LogP contribution in [0.3, 0.4) is 0 Å². The van der Waals surface area contributed by atoms with Crippen LogP contribution in [-0.4, -0.2) is 26.8 Å². The van der Waals surface area contributed by atoms with Crippen molar-refractivity contribution in [2.45, 2.75) is 20.5 Å². The number of carbonyl (C=O) groups excluding carboxylic acids is 1. The summed E-state index contributed by atoms with van der Waals surface area (Å²) in [4.78, 5) is 12.1. The molecule has 0 aromatic heterocycles. The lowest BCUT2D eigenvalue weighted by molar-refractivity contribution is -0.133. The molecule has 0 unspecified atom stereocenters. The molecule has 7 heteroatoms. The number of halogens is 2. The molecule has 2 rings (SSSR count). The quantitative estimate of drug-likeness (QED) is 0.282. The molecule has 2 aromatic rings. The van der Waals surface area contributed by atoms with Gasteiger partial charge in [0.15, 0.2) is 5.75 Å². The lowest BCUT2D eigenvalue weighted by Gasteiger charge is -2.15. The van der Waals surface area contributed by atoms with E-state index in [0.29, 0.717) is 45.2 Å². The third-order valence-electron chi connectivity index (χ3n) is 3.88. The van der Waals surface area contributed by atoms with Gasteiger partial charge in [-0.2, -0.15) is 0 Å². The molecule has 0 bridgehead atoms. The third-order valence-corrected chi connectivity index (χ3v) is 4.44. The summed E-state index contributed by atoms with van der Waals surface area (Å²) in [7, 11) is 2.78. The fourth-order valence-corrected chi connectivity index (χ4v) is 3.10. The number of benzene rings is 2. The Morgan fingerprint density at radius 2 is 1.72 bits per heavy atom. The van der Waals surface area contributed by atoms with Crippen LogP contribution in [0.4, 0.5) is 0 Å². The van der Waals surface area contributed by atoms with Crippen molar-refractivity contribution in [2.24, 2.45) is 5.92 Å². The highest BCUT2D eigenvalue weighted by molar-refractivity contribution is 6.37. The van der Waals surface area contributed by atoms with E-state index in [1.165, 1.54) is 20.5 Å². The van der Waals surface area contributed by atoms with Gasteiger partial charge < -0.3 is 18.9 Å². The smallest absolute Gasteiger partial charge is 0.341 e. The van der Waals surface area contributed by atoms with Gasteiger partial charge in [0, 0.05) is 12.1 Å². The molecule has 0 aliphatic heterocycles. The van der Waals surface area contributed by atoms with Crippen molar-refractivity contribution in [1.29, 1.82) is 0 Å². The lowest BCUT2D eigenvalue weighted by Crippen LogP contribution is -2.08. The highest BCUT2D eigenvalue weighted by Gasteiger charge is 2.17. The normalized spacial score (nSPS) is 11.3. The van der Waals surface area contributed by atoms with Crippen LogP contribution in [0.15, 0.2) is 42.7 Å². The molecule has 0 radical (unpaired) electrons. The summed E-state index contributed by atoms with van der Waals surface area (Å²) in [5, 5.41) is 0.743. The van der Waals surface area contributed by atoms with Crippen molar-refractivity contribution < 1.29 is 23.7 Å². The number of rotatable bonds is 9. The van der Waals surface area contributed by atoms with E-state index in [-0.39, 0.29) is 6.61 Å². The van der Waals surface area contributed by atoms with Crippen molar-refractivity contribution in [3.8, 4) is 11.5 Å². The highest BCUT2D eigenvalue weighted by Crippen LogP contribution is 2.37. The summed E-state index contributed by atoms with van der Waals surface area (Å²) >= 11 is 12.6. The largest absolute Gasteiger partial charge is 0.503 e. The van der Waals surface area contributed by atoms with Gasteiger partial charge in [0.1, 0.15) is 17.9 Å². The van der Waals surface area contributed by atoms with E-state index in [0.717, 1.165) is 5.56 Å². The molecular weight excluding hydrogens is 415 g/mol. The SMILES string of the molecule is COC=C(C(=O)OC)c1ccccc1COc1cc(Cl)c(OCC(C)C)c(Cl)c1. The van der Waals surface area contributed by atoms with E-state index >= 15 is 0 Å². The molecule has 0 aliphatic carbocycles. The van der Waals surface area contributed by atoms with Crippen LogP contribution in [0.25, 0.3) is 5.57 Å². The van der Waals surface area contributed by atoms with Gasteiger partial charge in [-0.1, -0.05) is 61.3 Å². The lowest BCUT2D eigenvalue weighted by atomic mass is 10.0. The van der Waals surface area contributed by atoms with Crippen LogP contribution in [0.2, 0.25) is 10.0 Å². The molecule has 0 atom stereocenters. The van der Waals surface area contributed by atoms with Gasteiger partial charge in [-0.15, -0.1) is 0 Å². The Balaban J connectivity index is 2.23. The molecule has 0 amide bonds. The van der Waals surface area contributed by atoms with Crippen LogP contribution in [0.1, 0.15) is 25.0 Å². The molecule has 5 nitrogen and oxygen atoms in total. The van der Waals surface area contributed by atoms with Crippen molar-refractivity contribution in [1.82, 2.24) is 0 Å². The maximum atomic E-state index is 12.1. The number of hydrogen-bond acceptors (Lipinski definition) is 5. The average Bonchev–Trinajstić information content (AvgIpc) is 2.69. The first kappa shape index (κ1) is 22.9. The Labute approximate surface area is 181 Å². The number of hydrogen-bond donors (Lipinski definition) is 0. The van der Waals surface area contributed by atoms with E-state index < -0.39 is 5.97 Å². The van der Waals surface area contributed by atoms with Crippen LogP contribution in [0.5, 0.6) is 11.5 Å². The molecule has 0 aliphatic rings. The van der Waals surface area contributed by atoms with Crippen molar-refractivity contribution in [3.63, 3.8) is 0 Å². The van der Waals surface area contributed by atoms with Crippen molar-refractivity contribution in [2.75, 3.05) is 20.8 Å². The molecule has 0 saturated heterocycles. The van der Waals surface area contributed by atoms with E-state index in [1.807, 2.05) is 32.0 Å². The maximum absolute atomic E-state index is 12.1. The summed E-state index contributed by atoms with van der Waals surface area (Å²) in [5.41, 5.74) is 1.71. The zero-order valence-electron chi connectivity index (χ0n) is 16.8. The fraction of sp³-hybridized carbons (Fsp3) is 0.318. The maximum Gasteiger partial charge on any atom is 0.341 e. The minimum absolute atomic E-state index is 0.188. The van der Waals surface area contributed by atoms with Crippen molar-refractivity contribution >= 4 is 34.7 Å². The number of methoxy groups -OCH3 is 2. The predicted octanol–water partition coefficient (Wildman–Crippen LogP) is 5.77. The van der Waals surface area contributed by atoms with Gasteiger partial charge in [0.25, 0.3) is 0 Å². The number of carbonyl (C=O) groups is 1. The molecule has 156 valence electrons. The van der Waals surface area contributed by atoms with Crippen LogP contribution in [0, 0.1) is 5.92 Å². The molecule has 0 heterocycles. The molecule has 29 heavy (non-hydrogen) atoms. The second kappa shape index (κ2) is 11.0. The molecule has 2 aromatic carbocycles. The summed E-state index contributed by atoms with van der Waals surface area (Å²) in [6, 6.07) is 10.6. The zero-order chi connectivity index (χ0) is 21.4. The second-order valence-corrected chi connectivity index (χ2v) is 7.44. The average molecular weight is 439 g/mol. The topological polar surface area (TPSA) is 54.0 Å². The Hall–Kier alpha value is -2.37. The number of esters is 1. The van der Waals surface area contributed by atoms with Gasteiger partial charge >= 0.3 is 5.97 Å². The van der Waals surface area contributed by atoms with Gasteiger partial charge in [0.2, 0.25) is 0 Å². The van der Waals surface area contributed by atoms with Gasteiger partial charge in [-0.05, 0) is 17.0 Å². The summed E-state index contributed by atoms with van der Waals surface area (Å²) in [6.07, 6.45) is 1.35. The molecule has 0 saturated carbocycles.